The Morgan fingerprint density at radius 2 is 1.88 bits per heavy atom. The molecular formula is C14H25BN2. The lowest BCUT2D eigenvalue weighted by Gasteiger charge is -2.42. The van der Waals surface area contributed by atoms with Crippen LogP contribution >= 0.6 is 0 Å². The standard InChI is InChI=1S/C14H25BN2/c1-3-5-7-14(4-2)16-10-12-17(13-11-16)15-8-6-9-15/h4-5,7H,3,6,8-13H2,1-2H3. The van der Waals surface area contributed by atoms with Crippen LogP contribution in [0.4, 0.5) is 0 Å². The van der Waals surface area contributed by atoms with Crippen molar-refractivity contribution < 1.29 is 0 Å². The van der Waals surface area contributed by atoms with Gasteiger partial charge in [-0.05, 0) is 19.4 Å². The van der Waals surface area contributed by atoms with E-state index in [2.05, 4.69) is 41.8 Å². The molecule has 2 aliphatic heterocycles. The van der Waals surface area contributed by atoms with Crippen molar-refractivity contribution in [2.75, 3.05) is 26.2 Å². The first-order chi connectivity index (χ1) is 8.35. The lowest BCUT2D eigenvalue weighted by atomic mass is 9.43. The third-order valence-electron chi connectivity index (χ3n) is 4.09. The summed E-state index contributed by atoms with van der Waals surface area (Å²) in [5.41, 5.74) is 1.40. The molecule has 2 aliphatic rings. The van der Waals surface area contributed by atoms with Gasteiger partial charge in [0.05, 0.1) is 0 Å². The van der Waals surface area contributed by atoms with E-state index in [0.29, 0.717) is 0 Å². The maximum Gasteiger partial charge on any atom is 0.223 e. The highest BCUT2D eigenvalue weighted by molar-refractivity contribution is 6.58. The number of rotatable bonds is 4. The molecule has 2 fully saturated rings. The van der Waals surface area contributed by atoms with Gasteiger partial charge < -0.3 is 9.71 Å². The van der Waals surface area contributed by atoms with E-state index in [-0.39, 0.29) is 0 Å². The molecule has 0 unspecified atom stereocenters. The van der Waals surface area contributed by atoms with Crippen molar-refractivity contribution in [3.8, 4) is 0 Å². The first kappa shape index (κ1) is 12.8. The molecule has 0 aromatic carbocycles. The van der Waals surface area contributed by atoms with Crippen LogP contribution in [0.2, 0.25) is 12.6 Å². The molecule has 0 aromatic rings. The maximum absolute atomic E-state index is 2.69. The third-order valence-corrected chi connectivity index (χ3v) is 4.09. The fourth-order valence-electron chi connectivity index (χ4n) is 2.72. The second-order valence-electron chi connectivity index (χ2n) is 5.13. The Morgan fingerprint density at radius 1 is 1.18 bits per heavy atom. The van der Waals surface area contributed by atoms with Gasteiger partial charge in [-0.3, -0.25) is 0 Å². The van der Waals surface area contributed by atoms with Gasteiger partial charge in [-0.25, -0.2) is 0 Å². The Labute approximate surface area is 106 Å². The average molecular weight is 232 g/mol. The maximum atomic E-state index is 2.69. The lowest BCUT2D eigenvalue weighted by Crippen LogP contribution is -2.53. The van der Waals surface area contributed by atoms with E-state index in [1.165, 1.54) is 50.9 Å². The molecule has 0 aliphatic carbocycles. The van der Waals surface area contributed by atoms with Gasteiger partial charge in [-0.15, -0.1) is 0 Å². The van der Waals surface area contributed by atoms with Crippen molar-refractivity contribution in [2.24, 2.45) is 0 Å². The minimum absolute atomic E-state index is 0.914. The van der Waals surface area contributed by atoms with Crippen molar-refractivity contribution in [3.05, 3.63) is 23.9 Å². The van der Waals surface area contributed by atoms with Gasteiger partial charge in [-0.2, -0.15) is 0 Å². The fourth-order valence-corrected chi connectivity index (χ4v) is 2.72. The molecule has 0 atom stereocenters. The van der Waals surface area contributed by atoms with E-state index in [0.717, 1.165) is 13.3 Å². The van der Waals surface area contributed by atoms with Crippen molar-refractivity contribution >= 4 is 6.85 Å². The van der Waals surface area contributed by atoms with Crippen LogP contribution in [0.15, 0.2) is 23.9 Å². The molecular weight excluding hydrogens is 207 g/mol. The number of hydrogen-bond donors (Lipinski definition) is 0. The summed E-state index contributed by atoms with van der Waals surface area (Å²) in [7, 11) is 0. The lowest BCUT2D eigenvalue weighted by molar-refractivity contribution is 0.228. The third kappa shape index (κ3) is 3.15. The topological polar surface area (TPSA) is 6.48 Å². The molecule has 0 amide bonds. The number of hydrogen-bond acceptors (Lipinski definition) is 2. The van der Waals surface area contributed by atoms with E-state index in [1.54, 1.807) is 0 Å². The number of piperazine rings is 1. The Kier molecular flexibility index (Phi) is 4.72. The Bertz CT molecular complexity index is 287. The van der Waals surface area contributed by atoms with Crippen LogP contribution < -0.4 is 0 Å². The van der Waals surface area contributed by atoms with Gasteiger partial charge in [0.15, 0.2) is 0 Å². The zero-order chi connectivity index (χ0) is 12.1. The fraction of sp³-hybridized carbons (Fsp3) is 0.714. The summed E-state index contributed by atoms with van der Waals surface area (Å²) in [6, 6.07) is 0. The van der Waals surface area contributed by atoms with Gasteiger partial charge in [0, 0.05) is 31.9 Å². The van der Waals surface area contributed by atoms with Gasteiger partial charge >= 0.3 is 0 Å². The molecule has 0 bridgehead atoms. The molecule has 3 heteroatoms. The Balaban J connectivity index is 1.82. The summed E-state index contributed by atoms with van der Waals surface area (Å²) in [5, 5.41) is 0. The van der Waals surface area contributed by atoms with Crippen molar-refractivity contribution in [2.45, 2.75) is 39.3 Å². The quantitative estimate of drug-likeness (QED) is 0.543. The molecule has 0 N–H and O–H groups in total. The summed E-state index contributed by atoms with van der Waals surface area (Å²) < 4.78 is 0. The average Bonchev–Trinajstić information content (AvgIpc) is 2.30. The van der Waals surface area contributed by atoms with Crippen LogP contribution in [0.5, 0.6) is 0 Å². The van der Waals surface area contributed by atoms with Gasteiger partial charge in [0.25, 0.3) is 0 Å². The summed E-state index contributed by atoms with van der Waals surface area (Å²) >= 11 is 0. The molecule has 2 nitrogen and oxygen atoms in total. The largest absolute Gasteiger partial charge is 0.369 e. The molecule has 2 saturated heterocycles. The zero-order valence-electron chi connectivity index (χ0n) is 11.4. The highest BCUT2D eigenvalue weighted by atomic mass is 15.2. The summed E-state index contributed by atoms with van der Waals surface area (Å²) in [6.45, 7) is 10.2. The normalized spacial score (nSPS) is 23.3. The summed E-state index contributed by atoms with van der Waals surface area (Å²) in [4.78, 5) is 5.22. The molecule has 94 valence electrons. The van der Waals surface area contributed by atoms with Gasteiger partial charge in [0.1, 0.15) is 0 Å². The van der Waals surface area contributed by atoms with Crippen molar-refractivity contribution in [1.29, 1.82) is 0 Å². The molecule has 0 saturated carbocycles. The highest BCUT2D eigenvalue weighted by Gasteiger charge is 2.31. The van der Waals surface area contributed by atoms with Crippen LogP contribution in [0.1, 0.15) is 26.7 Å². The smallest absolute Gasteiger partial charge is 0.223 e. The van der Waals surface area contributed by atoms with Crippen LogP contribution in [-0.4, -0.2) is 42.7 Å². The molecule has 0 spiro atoms. The summed E-state index contributed by atoms with van der Waals surface area (Å²) in [5.74, 6) is 0. The van der Waals surface area contributed by atoms with E-state index in [1.807, 2.05) is 0 Å². The summed E-state index contributed by atoms with van der Waals surface area (Å²) in [6.07, 6.45) is 12.2. The van der Waals surface area contributed by atoms with E-state index < -0.39 is 0 Å². The molecule has 17 heavy (non-hydrogen) atoms. The molecule has 0 aromatic heterocycles. The minimum atomic E-state index is 0.914. The molecule has 2 rings (SSSR count). The van der Waals surface area contributed by atoms with Crippen LogP contribution in [0.25, 0.3) is 0 Å². The SMILES string of the molecule is CC=C(C=CCC)N1CCN(B2CCC2)CC1. The van der Waals surface area contributed by atoms with Crippen LogP contribution in [0, 0.1) is 0 Å². The Morgan fingerprint density at radius 3 is 2.35 bits per heavy atom. The predicted octanol–water partition coefficient (Wildman–Crippen LogP) is 2.87. The molecule has 2 heterocycles. The predicted molar refractivity (Wildman–Crippen MR) is 76.3 cm³/mol. The minimum Gasteiger partial charge on any atom is -0.369 e. The Hall–Kier alpha value is -0.695. The first-order valence-corrected chi connectivity index (χ1v) is 7.17. The number of allylic oxidation sites excluding steroid dienone is 3. The van der Waals surface area contributed by atoms with E-state index >= 15 is 0 Å². The van der Waals surface area contributed by atoms with E-state index in [9.17, 15) is 0 Å². The van der Waals surface area contributed by atoms with Crippen molar-refractivity contribution in [1.82, 2.24) is 9.71 Å². The van der Waals surface area contributed by atoms with Crippen LogP contribution in [-0.2, 0) is 0 Å². The van der Waals surface area contributed by atoms with E-state index in [4.69, 9.17) is 0 Å². The second kappa shape index (κ2) is 6.30. The van der Waals surface area contributed by atoms with Gasteiger partial charge in [0.2, 0.25) is 6.85 Å². The number of nitrogens with zero attached hydrogens (tertiary/aromatic N) is 2. The van der Waals surface area contributed by atoms with Gasteiger partial charge in [-0.1, -0.05) is 38.1 Å². The zero-order valence-corrected chi connectivity index (χ0v) is 11.4. The monoisotopic (exact) mass is 232 g/mol. The van der Waals surface area contributed by atoms with Crippen LogP contribution in [0.3, 0.4) is 0 Å². The first-order valence-electron chi connectivity index (χ1n) is 7.17. The second-order valence-corrected chi connectivity index (χ2v) is 5.13. The van der Waals surface area contributed by atoms with Crippen molar-refractivity contribution in [3.63, 3.8) is 0 Å². The molecule has 0 radical (unpaired) electrons. The highest BCUT2D eigenvalue weighted by Crippen LogP contribution is 2.24.